The van der Waals surface area contributed by atoms with E-state index in [2.05, 4.69) is 31.3 Å². The molecule has 4 nitrogen and oxygen atoms in total. The van der Waals surface area contributed by atoms with E-state index in [0.717, 1.165) is 25.7 Å². The van der Waals surface area contributed by atoms with E-state index < -0.39 is 12.1 Å². The Morgan fingerprint density at radius 3 is 1.10 bits per heavy atom. The number of rotatable bonds is 42. The highest BCUT2D eigenvalue weighted by Crippen LogP contribution is 2.16. The normalized spacial score (nSPS) is 13.0. The van der Waals surface area contributed by atoms with Crippen LogP contribution in [-0.2, 0) is 4.79 Å². The molecular formula is C46H91NO3. The van der Waals surface area contributed by atoms with Crippen LogP contribution in [0.25, 0.3) is 0 Å². The lowest BCUT2D eigenvalue weighted by Gasteiger charge is -2.22. The third kappa shape index (κ3) is 38.4. The van der Waals surface area contributed by atoms with E-state index in [-0.39, 0.29) is 12.5 Å². The summed E-state index contributed by atoms with van der Waals surface area (Å²) in [5, 5.41) is 23.2. The van der Waals surface area contributed by atoms with Crippen LogP contribution < -0.4 is 5.32 Å². The molecule has 1 amide bonds. The van der Waals surface area contributed by atoms with E-state index >= 15 is 0 Å². The van der Waals surface area contributed by atoms with Gasteiger partial charge in [0, 0.05) is 6.42 Å². The second kappa shape index (κ2) is 42.5. The third-order valence-corrected chi connectivity index (χ3v) is 10.8. The Hall–Kier alpha value is -0.870. The fourth-order valence-corrected chi connectivity index (χ4v) is 7.24. The minimum absolute atomic E-state index is 0.0325. The fourth-order valence-electron chi connectivity index (χ4n) is 7.24. The van der Waals surface area contributed by atoms with E-state index in [0.29, 0.717) is 12.8 Å². The molecule has 0 heterocycles. The van der Waals surface area contributed by atoms with Gasteiger partial charge in [-0.3, -0.25) is 4.79 Å². The minimum Gasteiger partial charge on any atom is -0.394 e. The first kappa shape index (κ1) is 49.1. The molecule has 0 aromatic heterocycles. The molecule has 0 radical (unpaired) electrons. The molecule has 0 aromatic carbocycles. The van der Waals surface area contributed by atoms with E-state index in [4.69, 9.17) is 0 Å². The van der Waals surface area contributed by atoms with E-state index in [1.54, 1.807) is 0 Å². The summed E-state index contributed by atoms with van der Waals surface area (Å²) in [4.78, 5) is 12.4. The number of allylic oxidation sites excluding steroid dienone is 2. The first-order valence-electron chi connectivity index (χ1n) is 22.9. The summed E-state index contributed by atoms with van der Waals surface area (Å²) in [6.07, 6.45) is 52.9. The fraction of sp³-hybridized carbons (Fsp3) is 0.935. The molecule has 50 heavy (non-hydrogen) atoms. The first-order valence-corrected chi connectivity index (χ1v) is 22.9. The number of carbonyl (C=O) groups is 1. The van der Waals surface area contributed by atoms with Gasteiger partial charge >= 0.3 is 0 Å². The van der Waals surface area contributed by atoms with E-state index in [1.165, 1.54) is 205 Å². The van der Waals surface area contributed by atoms with Gasteiger partial charge in [0.15, 0.2) is 0 Å². The highest BCUT2D eigenvalue weighted by atomic mass is 16.3. The van der Waals surface area contributed by atoms with Crippen LogP contribution in [0.5, 0.6) is 0 Å². The molecule has 0 rings (SSSR count). The van der Waals surface area contributed by atoms with Crippen LogP contribution in [0.4, 0.5) is 0 Å². The Balaban J connectivity index is 3.48. The number of aliphatic hydroxyl groups excluding tert-OH is 2. The number of amides is 1. The third-order valence-electron chi connectivity index (χ3n) is 10.8. The van der Waals surface area contributed by atoms with Crippen LogP contribution in [0.2, 0.25) is 0 Å². The molecule has 0 bridgehead atoms. The zero-order chi connectivity index (χ0) is 36.4. The molecule has 2 unspecified atom stereocenters. The van der Waals surface area contributed by atoms with Gasteiger partial charge in [-0.2, -0.15) is 0 Å². The zero-order valence-corrected chi connectivity index (χ0v) is 34.2. The lowest BCUT2D eigenvalue weighted by molar-refractivity contribution is -0.123. The van der Waals surface area contributed by atoms with Crippen molar-refractivity contribution in [2.24, 2.45) is 0 Å². The average Bonchev–Trinajstić information content (AvgIpc) is 3.12. The largest absolute Gasteiger partial charge is 0.394 e. The summed E-state index contributed by atoms with van der Waals surface area (Å²) >= 11 is 0. The number of aliphatic hydroxyl groups is 2. The van der Waals surface area contributed by atoms with Crippen molar-refractivity contribution in [1.82, 2.24) is 5.32 Å². The van der Waals surface area contributed by atoms with Crippen molar-refractivity contribution in [3.8, 4) is 0 Å². The standard InChI is InChI=1S/C46H91NO3/c1-3-5-7-9-11-13-15-17-19-20-21-22-23-24-25-26-28-30-32-34-36-38-40-42-46(50)47-44(43-48)45(49)41-39-37-35-33-31-29-27-18-16-14-12-10-8-6-4-2/h24-25,44-45,48-49H,3-23,26-43H2,1-2H3,(H,47,50)/b25-24-. The van der Waals surface area contributed by atoms with Gasteiger partial charge in [-0.15, -0.1) is 0 Å². The maximum atomic E-state index is 12.4. The maximum Gasteiger partial charge on any atom is 0.220 e. The molecule has 0 saturated heterocycles. The Labute approximate surface area is 314 Å². The molecule has 298 valence electrons. The molecule has 4 heteroatoms. The summed E-state index contributed by atoms with van der Waals surface area (Å²) in [7, 11) is 0. The Kier molecular flexibility index (Phi) is 41.8. The van der Waals surface area contributed by atoms with Gasteiger partial charge in [-0.25, -0.2) is 0 Å². The van der Waals surface area contributed by atoms with Crippen LogP contribution in [0.1, 0.15) is 258 Å². The van der Waals surface area contributed by atoms with Crippen molar-refractivity contribution < 1.29 is 15.0 Å². The molecule has 0 saturated carbocycles. The van der Waals surface area contributed by atoms with Crippen molar-refractivity contribution in [1.29, 1.82) is 0 Å². The second-order valence-corrected chi connectivity index (χ2v) is 15.8. The van der Waals surface area contributed by atoms with Gasteiger partial charge in [-0.05, 0) is 38.5 Å². The van der Waals surface area contributed by atoms with Crippen molar-refractivity contribution >= 4 is 5.91 Å². The summed E-state index contributed by atoms with van der Waals surface area (Å²) < 4.78 is 0. The van der Waals surface area contributed by atoms with Gasteiger partial charge in [0.25, 0.3) is 0 Å². The van der Waals surface area contributed by atoms with Gasteiger partial charge < -0.3 is 15.5 Å². The highest BCUT2D eigenvalue weighted by Gasteiger charge is 2.20. The number of nitrogens with one attached hydrogen (secondary N) is 1. The van der Waals surface area contributed by atoms with Crippen molar-refractivity contribution in [3.05, 3.63) is 12.2 Å². The molecule has 0 aliphatic carbocycles. The zero-order valence-electron chi connectivity index (χ0n) is 34.2. The van der Waals surface area contributed by atoms with Gasteiger partial charge in [0.1, 0.15) is 0 Å². The molecule has 0 aliphatic rings. The average molecular weight is 706 g/mol. The van der Waals surface area contributed by atoms with Crippen LogP contribution in [0, 0.1) is 0 Å². The number of hydrogen-bond donors (Lipinski definition) is 3. The smallest absolute Gasteiger partial charge is 0.220 e. The van der Waals surface area contributed by atoms with Crippen LogP contribution in [-0.4, -0.2) is 34.9 Å². The molecule has 2 atom stereocenters. The Morgan fingerprint density at radius 1 is 0.460 bits per heavy atom. The molecule has 0 fully saturated rings. The number of hydrogen-bond acceptors (Lipinski definition) is 3. The summed E-state index contributed by atoms with van der Waals surface area (Å²) in [5.74, 6) is -0.0325. The first-order chi connectivity index (χ1) is 24.7. The van der Waals surface area contributed by atoms with E-state index in [1.807, 2.05) is 0 Å². The van der Waals surface area contributed by atoms with Crippen molar-refractivity contribution in [3.63, 3.8) is 0 Å². The molecule has 0 aliphatic heterocycles. The SMILES string of the molecule is CCCCCCCCCCCCCC/C=C\CCCCCCCCCC(=O)NC(CO)C(O)CCCCCCCCCCCCCCCCC. The Bertz CT molecular complexity index is 680. The lowest BCUT2D eigenvalue weighted by Crippen LogP contribution is -2.45. The molecule has 0 spiro atoms. The summed E-state index contributed by atoms with van der Waals surface area (Å²) in [5.41, 5.74) is 0. The predicted molar refractivity (Wildman–Crippen MR) is 221 cm³/mol. The highest BCUT2D eigenvalue weighted by molar-refractivity contribution is 5.76. The van der Waals surface area contributed by atoms with Crippen LogP contribution in [0.15, 0.2) is 12.2 Å². The minimum atomic E-state index is -0.657. The van der Waals surface area contributed by atoms with Gasteiger partial charge in [0.2, 0.25) is 5.91 Å². The van der Waals surface area contributed by atoms with E-state index in [9.17, 15) is 15.0 Å². The predicted octanol–water partition coefficient (Wildman–Crippen LogP) is 14.2. The maximum absolute atomic E-state index is 12.4. The summed E-state index contributed by atoms with van der Waals surface area (Å²) in [6.45, 7) is 4.38. The second-order valence-electron chi connectivity index (χ2n) is 15.8. The quantitative estimate of drug-likeness (QED) is 0.0437. The van der Waals surface area contributed by atoms with Crippen LogP contribution in [0.3, 0.4) is 0 Å². The summed E-state index contributed by atoms with van der Waals surface area (Å²) in [6, 6.07) is -0.535. The van der Waals surface area contributed by atoms with Crippen LogP contribution >= 0.6 is 0 Å². The van der Waals surface area contributed by atoms with Crippen molar-refractivity contribution in [2.75, 3.05) is 6.61 Å². The lowest BCUT2D eigenvalue weighted by atomic mass is 10.0. The number of carbonyl (C=O) groups excluding carboxylic acids is 1. The monoisotopic (exact) mass is 706 g/mol. The molecule has 0 aromatic rings. The topological polar surface area (TPSA) is 69.6 Å². The van der Waals surface area contributed by atoms with Gasteiger partial charge in [0.05, 0.1) is 18.8 Å². The molecule has 3 N–H and O–H groups in total. The number of unbranched alkanes of at least 4 members (excludes halogenated alkanes) is 33. The Morgan fingerprint density at radius 2 is 0.760 bits per heavy atom. The molecular weight excluding hydrogens is 615 g/mol. The van der Waals surface area contributed by atoms with Gasteiger partial charge in [-0.1, -0.05) is 225 Å². The van der Waals surface area contributed by atoms with Crippen molar-refractivity contribution in [2.45, 2.75) is 270 Å².